The lowest BCUT2D eigenvalue weighted by Gasteiger charge is -2.16. The minimum Gasteiger partial charge on any atom is -0.303 e. The Labute approximate surface area is 88.0 Å². The average Bonchev–Trinajstić information content (AvgIpc) is 2.20. The molecule has 0 aromatic heterocycles. The van der Waals surface area contributed by atoms with Crippen LogP contribution >= 0.6 is 0 Å². The Morgan fingerprint density at radius 2 is 1.93 bits per heavy atom. The SMILES string of the molecule is C=CCCCC(=O)CCN(CC)CC. The first-order valence-corrected chi connectivity index (χ1v) is 5.59. The number of hydrogen-bond donors (Lipinski definition) is 0. The van der Waals surface area contributed by atoms with Crippen molar-refractivity contribution >= 4 is 5.78 Å². The fourth-order valence-corrected chi connectivity index (χ4v) is 1.39. The average molecular weight is 197 g/mol. The number of nitrogens with zero attached hydrogens (tertiary/aromatic N) is 1. The van der Waals surface area contributed by atoms with Crippen molar-refractivity contribution in [2.75, 3.05) is 19.6 Å². The third-order valence-corrected chi connectivity index (χ3v) is 2.47. The number of hydrogen-bond acceptors (Lipinski definition) is 2. The summed E-state index contributed by atoms with van der Waals surface area (Å²) in [5, 5.41) is 0. The third-order valence-electron chi connectivity index (χ3n) is 2.47. The van der Waals surface area contributed by atoms with Gasteiger partial charge >= 0.3 is 0 Å². The molecule has 0 atom stereocenters. The van der Waals surface area contributed by atoms with Crippen molar-refractivity contribution in [1.82, 2.24) is 4.90 Å². The quantitative estimate of drug-likeness (QED) is 0.418. The highest BCUT2D eigenvalue weighted by Crippen LogP contribution is 2.01. The number of carbonyl (C=O) groups is 1. The minimum atomic E-state index is 0.388. The van der Waals surface area contributed by atoms with Crippen molar-refractivity contribution in [3.63, 3.8) is 0 Å². The summed E-state index contributed by atoms with van der Waals surface area (Å²) < 4.78 is 0. The molecule has 0 saturated carbocycles. The fraction of sp³-hybridized carbons (Fsp3) is 0.750. The second-order valence-corrected chi connectivity index (χ2v) is 3.50. The zero-order valence-corrected chi connectivity index (χ0v) is 9.59. The highest BCUT2D eigenvalue weighted by Gasteiger charge is 2.04. The largest absolute Gasteiger partial charge is 0.303 e. The molecule has 0 aromatic carbocycles. The van der Waals surface area contributed by atoms with Crippen molar-refractivity contribution in [1.29, 1.82) is 0 Å². The Morgan fingerprint density at radius 3 is 2.43 bits per heavy atom. The van der Waals surface area contributed by atoms with Crippen LogP contribution in [0.15, 0.2) is 12.7 Å². The van der Waals surface area contributed by atoms with Crippen molar-refractivity contribution in [2.24, 2.45) is 0 Å². The van der Waals surface area contributed by atoms with Crippen LogP contribution in [0.1, 0.15) is 39.5 Å². The van der Waals surface area contributed by atoms with Gasteiger partial charge in [-0.25, -0.2) is 0 Å². The van der Waals surface area contributed by atoms with E-state index in [4.69, 9.17) is 0 Å². The Morgan fingerprint density at radius 1 is 1.29 bits per heavy atom. The summed E-state index contributed by atoms with van der Waals surface area (Å²) >= 11 is 0. The van der Waals surface area contributed by atoms with E-state index < -0.39 is 0 Å². The molecule has 2 heteroatoms. The van der Waals surface area contributed by atoms with Crippen LogP contribution in [0.4, 0.5) is 0 Å². The Bertz CT molecular complexity index is 162. The molecular formula is C12H23NO. The van der Waals surface area contributed by atoms with Crippen LogP contribution in [0.2, 0.25) is 0 Å². The van der Waals surface area contributed by atoms with Gasteiger partial charge in [0.2, 0.25) is 0 Å². The van der Waals surface area contributed by atoms with Gasteiger partial charge in [0, 0.05) is 19.4 Å². The second kappa shape index (κ2) is 8.95. The zero-order chi connectivity index (χ0) is 10.8. The van der Waals surface area contributed by atoms with Gasteiger partial charge in [0.25, 0.3) is 0 Å². The molecule has 0 amide bonds. The summed E-state index contributed by atoms with van der Waals surface area (Å²) in [4.78, 5) is 13.7. The van der Waals surface area contributed by atoms with E-state index in [1.807, 2.05) is 6.08 Å². The van der Waals surface area contributed by atoms with Crippen LogP contribution in [-0.2, 0) is 4.79 Å². The van der Waals surface area contributed by atoms with Gasteiger partial charge in [-0.1, -0.05) is 19.9 Å². The van der Waals surface area contributed by atoms with Crippen LogP contribution in [0.5, 0.6) is 0 Å². The van der Waals surface area contributed by atoms with E-state index in [0.717, 1.165) is 32.5 Å². The molecule has 0 heterocycles. The molecule has 2 nitrogen and oxygen atoms in total. The van der Waals surface area contributed by atoms with Crippen molar-refractivity contribution in [3.8, 4) is 0 Å². The second-order valence-electron chi connectivity index (χ2n) is 3.50. The number of unbranched alkanes of at least 4 members (excludes halogenated alkanes) is 1. The van der Waals surface area contributed by atoms with Crippen LogP contribution in [0.25, 0.3) is 0 Å². The maximum atomic E-state index is 11.4. The van der Waals surface area contributed by atoms with Crippen LogP contribution in [0.3, 0.4) is 0 Å². The molecule has 0 aliphatic carbocycles. The molecule has 0 spiro atoms. The molecule has 14 heavy (non-hydrogen) atoms. The lowest BCUT2D eigenvalue weighted by atomic mass is 10.1. The molecule has 0 unspecified atom stereocenters. The third kappa shape index (κ3) is 6.84. The molecule has 0 rings (SSSR count). The smallest absolute Gasteiger partial charge is 0.134 e. The topological polar surface area (TPSA) is 20.3 Å². The molecule has 0 aliphatic heterocycles. The Balaban J connectivity index is 3.47. The maximum absolute atomic E-state index is 11.4. The van der Waals surface area contributed by atoms with Crippen LogP contribution in [0, 0.1) is 0 Å². The van der Waals surface area contributed by atoms with E-state index >= 15 is 0 Å². The fourth-order valence-electron chi connectivity index (χ4n) is 1.39. The Kier molecular flexibility index (Phi) is 8.54. The standard InChI is InChI=1S/C12H23NO/c1-4-7-8-9-12(14)10-11-13(5-2)6-3/h4H,1,5-11H2,2-3H3. The number of ketones is 1. The first kappa shape index (κ1) is 13.4. The van der Waals surface area contributed by atoms with Crippen molar-refractivity contribution in [3.05, 3.63) is 12.7 Å². The highest BCUT2D eigenvalue weighted by atomic mass is 16.1. The van der Waals surface area contributed by atoms with Crippen molar-refractivity contribution < 1.29 is 4.79 Å². The number of rotatable bonds is 9. The maximum Gasteiger partial charge on any atom is 0.134 e. The van der Waals surface area contributed by atoms with Gasteiger partial charge < -0.3 is 4.90 Å². The zero-order valence-electron chi connectivity index (χ0n) is 9.59. The summed E-state index contributed by atoms with van der Waals surface area (Å²) in [5.74, 6) is 0.388. The van der Waals surface area contributed by atoms with Crippen LogP contribution < -0.4 is 0 Å². The van der Waals surface area contributed by atoms with Gasteiger partial charge in [-0.15, -0.1) is 6.58 Å². The van der Waals surface area contributed by atoms with Gasteiger partial charge in [-0.2, -0.15) is 0 Å². The number of allylic oxidation sites excluding steroid dienone is 1. The Hall–Kier alpha value is -0.630. The van der Waals surface area contributed by atoms with E-state index in [1.54, 1.807) is 0 Å². The summed E-state index contributed by atoms with van der Waals surface area (Å²) in [6.07, 6.45) is 5.21. The lowest BCUT2D eigenvalue weighted by Crippen LogP contribution is -2.25. The molecule has 0 radical (unpaired) electrons. The van der Waals surface area contributed by atoms with Crippen LogP contribution in [-0.4, -0.2) is 30.3 Å². The van der Waals surface area contributed by atoms with Gasteiger partial charge in [0.1, 0.15) is 5.78 Å². The number of Topliss-reactive ketones (excluding diaryl/α,β-unsaturated/α-hetero) is 1. The molecule has 0 saturated heterocycles. The molecule has 0 fully saturated rings. The van der Waals surface area contributed by atoms with E-state index in [1.165, 1.54) is 0 Å². The minimum absolute atomic E-state index is 0.388. The summed E-state index contributed by atoms with van der Waals surface area (Å²) in [6, 6.07) is 0. The molecule has 0 aromatic rings. The molecule has 82 valence electrons. The summed E-state index contributed by atoms with van der Waals surface area (Å²) in [5.41, 5.74) is 0. The predicted molar refractivity (Wildman–Crippen MR) is 61.5 cm³/mol. The summed E-state index contributed by atoms with van der Waals surface area (Å²) in [7, 11) is 0. The number of carbonyl (C=O) groups excluding carboxylic acids is 1. The monoisotopic (exact) mass is 197 g/mol. The first-order valence-electron chi connectivity index (χ1n) is 5.59. The normalized spacial score (nSPS) is 10.5. The molecule has 0 aliphatic rings. The van der Waals surface area contributed by atoms with Crippen molar-refractivity contribution in [2.45, 2.75) is 39.5 Å². The molecular weight excluding hydrogens is 174 g/mol. The molecule has 0 bridgehead atoms. The van der Waals surface area contributed by atoms with Gasteiger partial charge in [-0.05, 0) is 25.9 Å². The molecule has 0 N–H and O–H groups in total. The van der Waals surface area contributed by atoms with Gasteiger partial charge in [0.05, 0.1) is 0 Å². The highest BCUT2D eigenvalue weighted by molar-refractivity contribution is 5.78. The van der Waals surface area contributed by atoms with E-state index in [2.05, 4.69) is 25.3 Å². The van der Waals surface area contributed by atoms with Gasteiger partial charge in [-0.3, -0.25) is 4.79 Å². The predicted octanol–water partition coefficient (Wildman–Crippen LogP) is 2.64. The summed E-state index contributed by atoms with van der Waals surface area (Å²) in [6.45, 7) is 10.9. The van der Waals surface area contributed by atoms with E-state index in [0.29, 0.717) is 18.6 Å². The van der Waals surface area contributed by atoms with Gasteiger partial charge in [0.15, 0.2) is 0 Å². The van der Waals surface area contributed by atoms with E-state index in [-0.39, 0.29) is 0 Å². The first-order chi connectivity index (χ1) is 6.74. The lowest BCUT2D eigenvalue weighted by molar-refractivity contribution is -0.119. The van der Waals surface area contributed by atoms with E-state index in [9.17, 15) is 4.79 Å².